The van der Waals surface area contributed by atoms with E-state index in [0.29, 0.717) is 5.56 Å². The van der Waals surface area contributed by atoms with Crippen molar-refractivity contribution >= 4 is 33.5 Å². The Labute approximate surface area is 153 Å². The van der Waals surface area contributed by atoms with E-state index in [0.717, 1.165) is 27.1 Å². The molecule has 4 nitrogen and oxygen atoms in total. The van der Waals surface area contributed by atoms with Gasteiger partial charge < -0.3 is 9.51 Å². The number of pyridine rings is 1. The molecule has 0 atom stereocenters. The lowest BCUT2D eigenvalue weighted by atomic mass is 10.1. The Bertz CT molecular complexity index is 1050. The second kappa shape index (κ2) is 6.53. The molecule has 0 aliphatic rings. The van der Waals surface area contributed by atoms with E-state index in [2.05, 4.69) is 25.9 Å². The van der Waals surface area contributed by atoms with Crippen LogP contribution in [0.3, 0.4) is 0 Å². The number of aromatic nitrogens is 2. The fourth-order valence-electron chi connectivity index (χ4n) is 2.59. The highest BCUT2D eigenvalue weighted by Crippen LogP contribution is 2.25. The van der Waals surface area contributed by atoms with Crippen LogP contribution in [-0.4, -0.2) is 20.7 Å². The van der Waals surface area contributed by atoms with Crippen LogP contribution in [0.4, 0.5) is 5.69 Å². The molecular weight excluding hydrogens is 378 g/mol. The smallest absolute Gasteiger partial charge is 0.137 e. The maximum atomic E-state index is 9.90. The van der Waals surface area contributed by atoms with Crippen molar-refractivity contribution in [3.63, 3.8) is 0 Å². The van der Waals surface area contributed by atoms with Crippen LogP contribution in [0.2, 0.25) is 0 Å². The SMILES string of the molecule is Oc1ccc(Br)cc1C=Nc1cccc(-c2cn3ccccc3n2)c1. The summed E-state index contributed by atoms with van der Waals surface area (Å²) >= 11 is 3.40. The molecule has 0 amide bonds. The summed E-state index contributed by atoms with van der Waals surface area (Å²) in [4.78, 5) is 9.11. The van der Waals surface area contributed by atoms with E-state index < -0.39 is 0 Å². The summed E-state index contributed by atoms with van der Waals surface area (Å²) in [6, 6.07) is 19.0. The van der Waals surface area contributed by atoms with Gasteiger partial charge >= 0.3 is 0 Å². The first-order valence-electron chi connectivity index (χ1n) is 7.76. The average Bonchev–Trinajstić information content (AvgIpc) is 3.07. The van der Waals surface area contributed by atoms with Crippen molar-refractivity contribution in [2.75, 3.05) is 0 Å². The van der Waals surface area contributed by atoms with Crippen molar-refractivity contribution in [2.24, 2.45) is 4.99 Å². The number of benzene rings is 2. The van der Waals surface area contributed by atoms with Gasteiger partial charge in [0.15, 0.2) is 0 Å². The van der Waals surface area contributed by atoms with E-state index in [9.17, 15) is 5.11 Å². The minimum absolute atomic E-state index is 0.198. The highest BCUT2D eigenvalue weighted by molar-refractivity contribution is 9.10. The Hall–Kier alpha value is -2.92. The third-order valence-corrected chi connectivity index (χ3v) is 4.34. The van der Waals surface area contributed by atoms with Gasteiger partial charge in [-0.05, 0) is 42.5 Å². The number of phenolic OH excluding ortho intramolecular Hbond substituents is 1. The van der Waals surface area contributed by atoms with Crippen molar-refractivity contribution in [3.05, 3.63) is 83.1 Å². The van der Waals surface area contributed by atoms with Gasteiger partial charge in [0.2, 0.25) is 0 Å². The number of aromatic hydroxyl groups is 1. The van der Waals surface area contributed by atoms with E-state index >= 15 is 0 Å². The highest BCUT2D eigenvalue weighted by atomic mass is 79.9. The molecule has 0 unspecified atom stereocenters. The molecule has 25 heavy (non-hydrogen) atoms. The zero-order valence-electron chi connectivity index (χ0n) is 13.2. The minimum atomic E-state index is 0.198. The van der Waals surface area contributed by atoms with E-state index in [4.69, 9.17) is 0 Å². The lowest BCUT2D eigenvalue weighted by Crippen LogP contribution is -1.82. The van der Waals surface area contributed by atoms with Crippen LogP contribution in [0.15, 0.2) is 82.5 Å². The number of rotatable bonds is 3. The van der Waals surface area contributed by atoms with Crippen LogP contribution in [0, 0.1) is 0 Å². The molecule has 0 saturated heterocycles. The third kappa shape index (κ3) is 3.32. The van der Waals surface area contributed by atoms with Crippen molar-refractivity contribution in [2.45, 2.75) is 0 Å². The van der Waals surface area contributed by atoms with E-state index in [1.54, 1.807) is 18.3 Å². The Morgan fingerprint density at radius 3 is 2.84 bits per heavy atom. The van der Waals surface area contributed by atoms with Gasteiger partial charge in [-0.25, -0.2) is 4.98 Å². The number of nitrogens with zero attached hydrogens (tertiary/aromatic N) is 3. The molecule has 0 spiro atoms. The molecule has 0 radical (unpaired) electrons. The minimum Gasteiger partial charge on any atom is -0.507 e. The molecular formula is C20H14BrN3O. The molecule has 122 valence electrons. The second-order valence-corrected chi connectivity index (χ2v) is 6.52. The van der Waals surface area contributed by atoms with E-state index in [-0.39, 0.29) is 5.75 Å². The van der Waals surface area contributed by atoms with Crippen molar-refractivity contribution in [3.8, 4) is 17.0 Å². The van der Waals surface area contributed by atoms with Gasteiger partial charge in [-0.1, -0.05) is 34.1 Å². The summed E-state index contributed by atoms with van der Waals surface area (Å²) in [5.74, 6) is 0.198. The lowest BCUT2D eigenvalue weighted by molar-refractivity contribution is 0.474. The molecule has 2 aromatic heterocycles. The molecule has 2 aromatic carbocycles. The summed E-state index contributed by atoms with van der Waals surface area (Å²) in [6.07, 6.45) is 5.63. The molecule has 2 heterocycles. The molecule has 0 aliphatic heterocycles. The molecule has 0 saturated carbocycles. The van der Waals surface area contributed by atoms with E-state index in [1.807, 2.05) is 65.3 Å². The quantitative estimate of drug-likeness (QED) is 0.486. The number of hydrogen-bond donors (Lipinski definition) is 1. The zero-order chi connectivity index (χ0) is 17.2. The van der Waals surface area contributed by atoms with Gasteiger partial charge in [-0.3, -0.25) is 4.99 Å². The van der Waals surface area contributed by atoms with Crippen LogP contribution >= 0.6 is 15.9 Å². The lowest BCUT2D eigenvalue weighted by Gasteiger charge is -2.01. The second-order valence-electron chi connectivity index (χ2n) is 5.60. The van der Waals surface area contributed by atoms with Crippen LogP contribution in [-0.2, 0) is 0 Å². The topological polar surface area (TPSA) is 49.9 Å². The zero-order valence-corrected chi connectivity index (χ0v) is 14.8. The first-order chi connectivity index (χ1) is 12.2. The highest BCUT2D eigenvalue weighted by Gasteiger charge is 2.05. The van der Waals surface area contributed by atoms with Crippen molar-refractivity contribution in [1.29, 1.82) is 0 Å². The van der Waals surface area contributed by atoms with Crippen LogP contribution < -0.4 is 0 Å². The molecule has 4 aromatic rings. The first kappa shape index (κ1) is 15.6. The summed E-state index contributed by atoms with van der Waals surface area (Å²) in [6.45, 7) is 0. The Kier molecular flexibility index (Phi) is 4.07. The standard InChI is InChI=1S/C20H14BrN3O/c21-16-7-8-19(25)15(10-16)12-22-17-5-3-4-14(11-17)18-13-24-9-2-1-6-20(24)23-18/h1-13,25H. The average molecular weight is 392 g/mol. The summed E-state index contributed by atoms with van der Waals surface area (Å²) in [5.41, 5.74) is 4.26. The first-order valence-corrected chi connectivity index (χ1v) is 8.55. The molecule has 1 N–H and O–H groups in total. The summed E-state index contributed by atoms with van der Waals surface area (Å²) in [5, 5.41) is 9.90. The van der Waals surface area contributed by atoms with Crippen LogP contribution in [0.1, 0.15) is 5.56 Å². The molecule has 4 rings (SSSR count). The number of hydrogen-bond acceptors (Lipinski definition) is 3. The van der Waals surface area contributed by atoms with Gasteiger partial charge in [-0.2, -0.15) is 0 Å². The van der Waals surface area contributed by atoms with Gasteiger partial charge in [-0.15, -0.1) is 0 Å². The monoisotopic (exact) mass is 391 g/mol. The largest absolute Gasteiger partial charge is 0.507 e. The molecule has 0 aliphatic carbocycles. The predicted octanol–water partition coefficient (Wildman–Crippen LogP) is 5.22. The van der Waals surface area contributed by atoms with Crippen LogP contribution in [0.5, 0.6) is 5.75 Å². The fraction of sp³-hybridized carbons (Fsp3) is 0. The molecule has 0 bridgehead atoms. The maximum Gasteiger partial charge on any atom is 0.137 e. The van der Waals surface area contributed by atoms with Gasteiger partial charge in [0.05, 0.1) is 11.4 Å². The number of aliphatic imine (C=N–C) groups is 1. The Morgan fingerprint density at radius 1 is 1.04 bits per heavy atom. The Morgan fingerprint density at radius 2 is 1.96 bits per heavy atom. The van der Waals surface area contributed by atoms with Crippen molar-refractivity contribution in [1.82, 2.24) is 9.38 Å². The van der Waals surface area contributed by atoms with Gasteiger partial charge in [0.1, 0.15) is 11.4 Å². The van der Waals surface area contributed by atoms with Crippen molar-refractivity contribution < 1.29 is 5.11 Å². The van der Waals surface area contributed by atoms with Gasteiger partial charge in [0, 0.05) is 34.2 Å². The molecule has 0 fully saturated rings. The Balaban J connectivity index is 1.67. The predicted molar refractivity (Wildman–Crippen MR) is 104 cm³/mol. The van der Waals surface area contributed by atoms with Crippen LogP contribution in [0.25, 0.3) is 16.9 Å². The number of imidazole rings is 1. The molecule has 5 heteroatoms. The van der Waals surface area contributed by atoms with Gasteiger partial charge in [0.25, 0.3) is 0 Å². The van der Waals surface area contributed by atoms with E-state index in [1.165, 1.54) is 0 Å². The normalized spacial score (nSPS) is 11.4. The fourth-order valence-corrected chi connectivity index (χ4v) is 2.97. The number of halogens is 1. The summed E-state index contributed by atoms with van der Waals surface area (Å²) in [7, 11) is 0. The number of phenols is 1. The maximum absolute atomic E-state index is 9.90. The number of fused-ring (bicyclic) bond motifs is 1. The summed E-state index contributed by atoms with van der Waals surface area (Å²) < 4.78 is 2.88. The third-order valence-electron chi connectivity index (χ3n) is 3.85.